The standard InChI is InChI=1S/C23H28N2O3S2/c1-17-16-25(18(2)26)22-15-21(8-9-23(22)29-17)30(27,28)24-12-10-20(11-13-24)14-19-6-4-3-5-7-19/h3-9,15,17,20H,10-14,16H2,1-2H3. The summed E-state index contributed by atoms with van der Waals surface area (Å²) in [5, 5.41) is 0.285. The monoisotopic (exact) mass is 444 g/mol. The lowest BCUT2D eigenvalue weighted by Crippen LogP contribution is -2.39. The summed E-state index contributed by atoms with van der Waals surface area (Å²) in [7, 11) is -3.57. The molecule has 0 radical (unpaired) electrons. The van der Waals surface area contributed by atoms with E-state index >= 15 is 0 Å². The zero-order valence-corrected chi connectivity index (χ0v) is 19.1. The number of hydrogen-bond acceptors (Lipinski definition) is 4. The molecule has 4 rings (SSSR count). The molecular formula is C23H28N2O3S2. The number of amides is 1. The highest BCUT2D eigenvalue weighted by atomic mass is 32.2. The average molecular weight is 445 g/mol. The fraction of sp³-hybridized carbons (Fsp3) is 0.435. The van der Waals surface area contributed by atoms with Crippen molar-refractivity contribution in [3.8, 4) is 0 Å². The van der Waals surface area contributed by atoms with Crippen LogP contribution in [0, 0.1) is 5.92 Å². The zero-order chi connectivity index (χ0) is 21.3. The predicted octanol–water partition coefficient (Wildman–Crippen LogP) is 4.18. The van der Waals surface area contributed by atoms with E-state index in [0.717, 1.165) is 24.2 Å². The number of benzene rings is 2. The fourth-order valence-electron chi connectivity index (χ4n) is 4.33. The smallest absolute Gasteiger partial charge is 0.243 e. The first-order valence-electron chi connectivity index (χ1n) is 10.5. The number of carbonyl (C=O) groups excluding carboxylic acids is 1. The molecule has 0 saturated carbocycles. The maximum Gasteiger partial charge on any atom is 0.243 e. The van der Waals surface area contributed by atoms with Crippen molar-refractivity contribution in [1.82, 2.24) is 4.31 Å². The van der Waals surface area contributed by atoms with Crippen LogP contribution in [0.2, 0.25) is 0 Å². The molecular weight excluding hydrogens is 416 g/mol. The molecule has 0 aliphatic carbocycles. The largest absolute Gasteiger partial charge is 0.310 e. The SMILES string of the molecule is CC(=O)N1CC(C)Sc2ccc(S(=O)(=O)N3CCC(Cc4ccccc4)CC3)cc21. The number of anilines is 1. The fourth-order valence-corrected chi connectivity index (χ4v) is 6.91. The van der Waals surface area contributed by atoms with Crippen LogP contribution >= 0.6 is 11.8 Å². The molecule has 2 aromatic carbocycles. The highest BCUT2D eigenvalue weighted by Gasteiger charge is 2.32. The summed E-state index contributed by atoms with van der Waals surface area (Å²) in [6, 6.07) is 15.6. The van der Waals surface area contributed by atoms with Crippen LogP contribution in [0.1, 0.15) is 32.3 Å². The van der Waals surface area contributed by atoms with Crippen molar-refractivity contribution in [2.75, 3.05) is 24.5 Å². The summed E-state index contributed by atoms with van der Waals surface area (Å²) in [4.78, 5) is 15.1. The Morgan fingerprint density at radius 2 is 1.80 bits per heavy atom. The van der Waals surface area contributed by atoms with E-state index in [1.807, 2.05) is 24.3 Å². The highest BCUT2D eigenvalue weighted by Crippen LogP contribution is 2.40. The first kappa shape index (κ1) is 21.4. The molecule has 2 aliphatic heterocycles. The number of piperidine rings is 1. The lowest BCUT2D eigenvalue weighted by Gasteiger charge is -2.34. The third-order valence-corrected chi connectivity index (χ3v) is 8.99. The van der Waals surface area contributed by atoms with Gasteiger partial charge in [-0.25, -0.2) is 8.42 Å². The van der Waals surface area contributed by atoms with Gasteiger partial charge in [0.25, 0.3) is 0 Å². The molecule has 1 unspecified atom stereocenters. The van der Waals surface area contributed by atoms with Crippen molar-refractivity contribution in [3.05, 3.63) is 54.1 Å². The number of hydrogen-bond donors (Lipinski definition) is 0. The third-order valence-electron chi connectivity index (χ3n) is 5.95. The summed E-state index contributed by atoms with van der Waals surface area (Å²) in [5.41, 5.74) is 2.02. The minimum absolute atomic E-state index is 0.0559. The van der Waals surface area contributed by atoms with Gasteiger partial charge in [-0.05, 0) is 48.9 Å². The van der Waals surface area contributed by atoms with Gasteiger partial charge in [0, 0.05) is 36.7 Å². The lowest BCUT2D eigenvalue weighted by atomic mass is 9.91. The van der Waals surface area contributed by atoms with E-state index in [9.17, 15) is 13.2 Å². The molecule has 0 bridgehead atoms. The molecule has 0 N–H and O–H groups in total. The third kappa shape index (κ3) is 4.43. The van der Waals surface area contributed by atoms with Crippen LogP contribution in [0.3, 0.4) is 0 Å². The van der Waals surface area contributed by atoms with Gasteiger partial charge in [-0.15, -0.1) is 11.8 Å². The molecule has 1 amide bonds. The van der Waals surface area contributed by atoms with E-state index in [2.05, 4.69) is 19.1 Å². The average Bonchev–Trinajstić information content (AvgIpc) is 2.74. The number of thioether (sulfide) groups is 1. The van der Waals surface area contributed by atoms with Gasteiger partial charge in [0.1, 0.15) is 0 Å². The summed E-state index contributed by atoms with van der Waals surface area (Å²) < 4.78 is 28.2. The first-order valence-corrected chi connectivity index (χ1v) is 12.8. The molecule has 5 nitrogen and oxygen atoms in total. The Morgan fingerprint density at radius 3 is 2.47 bits per heavy atom. The van der Waals surface area contributed by atoms with E-state index < -0.39 is 10.0 Å². The van der Waals surface area contributed by atoms with Gasteiger partial charge >= 0.3 is 0 Å². The Bertz CT molecular complexity index is 1020. The number of carbonyl (C=O) groups is 1. The van der Waals surface area contributed by atoms with E-state index in [4.69, 9.17) is 0 Å². The van der Waals surface area contributed by atoms with E-state index in [-0.39, 0.29) is 16.1 Å². The van der Waals surface area contributed by atoms with Crippen molar-refractivity contribution in [2.24, 2.45) is 5.92 Å². The number of rotatable bonds is 4. The van der Waals surface area contributed by atoms with Crippen molar-refractivity contribution in [3.63, 3.8) is 0 Å². The van der Waals surface area contributed by atoms with Gasteiger partial charge in [0.05, 0.1) is 10.6 Å². The molecule has 0 aromatic heterocycles. The van der Waals surface area contributed by atoms with Crippen LogP contribution in [-0.2, 0) is 21.2 Å². The second-order valence-corrected chi connectivity index (χ2v) is 11.6. The molecule has 2 aliphatic rings. The molecule has 2 heterocycles. The van der Waals surface area contributed by atoms with E-state index in [0.29, 0.717) is 31.2 Å². The van der Waals surface area contributed by atoms with Crippen LogP contribution in [-0.4, -0.2) is 43.5 Å². The second-order valence-electron chi connectivity index (χ2n) is 8.22. The summed E-state index contributed by atoms with van der Waals surface area (Å²) in [5.74, 6) is 0.452. The zero-order valence-electron chi connectivity index (χ0n) is 17.5. The van der Waals surface area contributed by atoms with Crippen molar-refractivity contribution in [2.45, 2.75) is 48.2 Å². The molecule has 0 spiro atoms. The highest BCUT2D eigenvalue weighted by molar-refractivity contribution is 8.00. The Morgan fingerprint density at radius 1 is 1.10 bits per heavy atom. The maximum absolute atomic E-state index is 13.3. The molecule has 2 aromatic rings. The summed E-state index contributed by atoms with van der Waals surface area (Å²) in [6.45, 7) is 5.29. The molecule has 7 heteroatoms. The number of nitrogens with zero attached hydrogens (tertiary/aromatic N) is 2. The summed E-state index contributed by atoms with van der Waals surface area (Å²) in [6.07, 6.45) is 2.73. The number of fused-ring (bicyclic) bond motifs is 1. The van der Waals surface area contributed by atoms with Crippen LogP contribution in [0.4, 0.5) is 5.69 Å². The Labute approximate surface area is 183 Å². The van der Waals surface area contributed by atoms with Crippen LogP contribution in [0.25, 0.3) is 0 Å². The maximum atomic E-state index is 13.3. The normalized spacial score (nSPS) is 20.7. The molecule has 160 valence electrons. The van der Waals surface area contributed by atoms with Gasteiger partial charge < -0.3 is 4.90 Å². The quantitative estimate of drug-likeness (QED) is 0.710. The Kier molecular flexibility index (Phi) is 6.23. The van der Waals surface area contributed by atoms with Gasteiger partial charge in [0.15, 0.2) is 0 Å². The van der Waals surface area contributed by atoms with Gasteiger partial charge in [-0.3, -0.25) is 4.79 Å². The van der Waals surface area contributed by atoms with Crippen LogP contribution in [0.5, 0.6) is 0 Å². The Hall–Kier alpha value is -1.83. The first-order chi connectivity index (χ1) is 14.3. The topological polar surface area (TPSA) is 57.7 Å². The number of sulfonamides is 1. The molecule has 1 atom stereocenters. The molecule has 30 heavy (non-hydrogen) atoms. The van der Waals surface area contributed by atoms with Crippen molar-refractivity contribution >= 4 is 33.4 Å². The van der Waals surface area contributed by atoms with E-state index in [1.54, 1.807) is 33.1 Å². The molecule has 1 saturated heterocycles. The van der Waals surface area contributed by atoms with Crippen LogP contribution < -0.4 is 4.90 Å². The second kappa shape index (κ2) is 8.73. The predicted molar refractivity (Wildman–Crippen MR) is 121 cm³/mol. The minimum atomic E-state index is -3.57. The van der Waals surface area contributed by atoms with Gasteiger partial charge in [-0.2, -0.15) is 4.31 Å². The van der Waals surface area contributed by atoms with Gasteiger partial charge in [0.2, 0.25) is 15.9 Å². The van der Waals surface area contributed by atoms with Crippen molar-refractivity contribution in [1.29, 1.82) is 0 Å². The molecule has 1 fully saturated rings. The van der Waals surface area contributed by atoms with E-state index in [1.165, 1.54) is 12.5 Å². The summed E-state index contributed by atoms with van der Waals surface area (Å²) >= 11 is 1.69. The minimum Gasteiger partial charge on any atom is -0.310 e. The van der Waals surface area contributed by atoms with Crippen molar-refractivity contribution < 1.29 is 13.2 Å². The van der Waals surface area contributed by atoms with Crippen LogP contribution in [0.15, 0.2) is 58.3 Å². The Balaban J connectivity index is 1.49. The lowest BCUT2D eigenvalue weighted by molar-refractivity contribution is -0.116. The van der Waals surface area contributed by atoms with Gasteiger partial charge in [-0.1, -0.05) is 37.3 Å².